The second-order valence-corrected chi connectivity index (χ2v) is 14.5. The fraction of sp³-hybridized carbons (Fsp3) is 0.929. The van der Waals surface area contributed by atoms with E-state index in [2.05, 4.69) is 50.2 Å². The molecule has 12 atom stereocenters. The highest BCUT2D eigenvalue weighted by molar-refractivity contribution is 9.09. The maximum absolute atomic E-state index is 11.7. The topological polar surface area (TPSA) is 58.9 Å². The summed E-state index contributed by atoms with van der Waals surface area (Å²) in [5.41, 5.74) is 0.780. The van der Waals surface area contributed by atoms with E-state index in [0.717, 1.165) is 57.8 Å². The SMILES string of the molecule is C=C(CCC1(C)OC2OC34C(Br)CC5CC(O)CCC5(C)C3CCC23C1CC(O)C34)C(C)C. The summed E-state index contributed by atoms with van der Waals surface area (Å²) in [5.74, 6) is 1.90. The number of halogens is 1. The van der Waals surface area contributed by atoms with Crippen molar-refractivity contribution in [1.29, 1.82) is 0 Å². The number of alkyl halides is 1. The molecule has 0 aromatic heterocycles. The van der Waals surface area contributed by atoms with E-state index in [4.69, 9.17) is 9.47 Å². The summed E-state index contributed by atoms with van der Waals surface area (Å²) < 4.78 is 14.1. The van der Waals surface area contributed by atoms with E-state index in [-0.39, 0.29) is 51.3 Å². The Morgan fingerprint density at radius 1 is 1.06 bits per heavy atom. The van der Waals surface area contributed by atoms with E-state index >= 15 is 0 Å². The van der Waals surface area contributed by atoms with Gasteiger partial charge >= 0.3 is 0 Å². The first-order valence-electron chi connectivity index (χ1n) is 13.5. The predicted octanol–water partition coefficient (Wildman–Crippen LogP) is 5.59. The Hall–Kier alpha value is 0.0600. The van der Waals surface area contributed by atoms with Crippen LogP contribution in [-0.4, -0.2) is 44.7 Å². The molecule has 0 aromatic carbocycles. The average molecular weight is 524 g/mol. The molecule has 5 heteroatoms. The van der Waals surface area contributed by atoms with Crippen molar-refractivity contribution in [2.75, 3.05) is 0 Å². The monoisotopic (exact) mass is 522 g/mol. The highest BCUT2D eigenvalue weighted by Gasteiger charge is 2.84. The lowest BCUT2D eigenvalue weighted by molar-refractivity contribution is -0.247. The van der Waals surface area contributed by atoms with Gasteiger partial charge in [-0.2, -0.15) is 0 Å². The van der Waals surface area contributed by atoms with Crippen molar-refractivity contribution in [1.82, 2.24) is 0 Å². The van der Waals surface area contributed by atoms with Gasteiger partial charge in [-0.05, 0) is 87.9 Å². The lowest BCUT2D eigenvalue weighted by atomic mass is 9.43. The van der Waals surface area contributed by atoms with Crippen LogP contribution in [0.15, 0.2) is 12.2 Å². The smallest absolute Gasteiger partial charge is 0.165 e. The van der Waals surface area contributed by atoms with Crippen molar-refractivity contribution in [3.8, 4) is 0 Å². The van der Waals surface area contributed by atoms with Crippen LogP contribution in [0.2, 0.25) is 0 Å². The van der Waals surface area contributed by atoms with Crippen molar-refractivity contribution in [2.45, 2.75) is 120 Å². The fourth-order valence-electron chi connectivity index (χ4n) is 10.1. The highest BCUT2D eigenvalue weighted by Crippen LogP contribution is 2.79. The Bertz CT molecular complexity index is 846. The maximum atomic E-state index is 11.7. The molecule has 2 heterocycles. The summed E-state index contributed by atoms with van der Waals surface area (Å²) in [6.07, 6.45) is 8.21. The molecule has 0 amide bonds. The number of aliphatic hydroxyl groups excluding tert-OH is 2. The third-order valence-electron chi connectivity index (χ3n) is 11.9. The summed E-state index contributed by atoms with van der Waals surface area (Å²) in [7, 11) is 0. The van der Waals surface area contributed by atoms with E-state index in [1.807, 2.05) is 0 Å². The molecule has 2 N–H and O–H groups in total. The zero-order chi connectivity index (χ0) is 23.6. The molecule has 6 aliphatic rings. The second-order valence-electron chi connectivity index (χ2n) is 13.4. The van der Waals surface area contributed by atoms with Gasteiger partial charge in [0.2, 0.25) is 0 Å². The first-order chi connectivity index (χ1) is 15.5. The van der Waals surface area contributed by atoms with Crippen LogP contribution in [0.5, 0.6) is 0 Å². The summed E-state index contributed by atoms with van der Waals surface area (Å²) in [6, 6.07) is 0. The minimum absolute atomic E-state index is 0.0623. The van der Waals surface area contributed by atoms with E-state index in [1.54, 1.807) is 0 Å². The molecule has 0 aromatic rings. The van der Waals surface area contributed by atoms with Crippen LogP contribution >= 0.6 is 15.9 Å². The number of rotatable bonds is 4. The van der Waals surface area contributed by atoms with Crippen LogP contribution in [0, 0.1) is 40.4 Å². The standard InChI is InChI=1S/C28H43BrO4/c1-15(2)16(3)6-10-26(5)21-14-19(31)23-27(21)11-8-20-25(4)9-7-18(30)12-17(25)13-22(29)28(20,23)33-24(27)32-26/h15,17-24,30-31H,3,6-14H2,1-2,4-5H3. The first kappa shape index (κ1) is 23.5. The Kier molecular flexibility index (Phi) is 5.19. The summed E-state index contributed by atoms with van der Waals surface area (Å²) in [5, 5.41) is 22.1. The third-order valence-corrected chi connectivity index (χ3v) is 13.0. The van der Waals surface area contributed by atoms with Crippen LogP contribution in [0.25, 0.3) is 0 Å². The van der Waals surface area contributed by atoms with Crippen molar-refractivity contribution in [2.24, 2.45) is 40.4 Å². The van der Waals surface area contributed by atoms with Gasteiger partial charge in [-0.1, -0.05) is 48.9 Å². The van der Waals surface area contributed by atoms with Crippen LogP contribution in [0.3, 0.4) is 0 Å². The molecule has 4 saturated carbocycles. The van der Waals surface area contributed by atoms with Crippen molar-refractivity contribution >= 4 is 15.9 Å². The van der Waals surface area contributed by atoms with Gasteiger partial charge in [-0.15, -0.1) is 0 Å². The molecule has 4 aliphatic carbocycles. The van der Waals surface area contributed by atoms with Crippen molar-refractivity contribution < 1.29 is 19.7 Å². The number of fused-ring (bicyclic) bond motifs is 2. The number of hydrogen-bond acceptors (Lipinski definition) is 4. The maximum Gasteiger partial charge on any atom is 0.165 e. The van der Waals surface area contributed by atoms with E-state index in [9.17, 15) is 10.2 Å². The quantitative estimate of drug-likeness (QED) is 0.373. The van der Waals surface area contributed by atoms with E-state index in [1.165, 1.54) is 5.57 Å². The van der Waals surface area contributed by atoms with Crippen LogP contribution in [0.4, 0.5) is 0 Å². The molecule has 33 heavy (non-hydrogen) atoms. The minimum atomic E-state index is -0.354. The molecule has 2 spiro atoms. The lowest BCUT2D eigenvalue weighted by Gasteiger charge is -2.64. The van der Waals surface area contributed by atoms with Gasteiger partial charge in [-0.3, -0.25) is 0 Å². The Morgan fingerprint density at radius 3 is 2.55 bits per heavy atom. The minimum Gasteiger partial charge on any atom is -0.393 e. The van der Waals surface area contributed by atoms with Crippen molar-refractivity contribution in [3.63, 3.8) is 0 Å². The molecule has 6 rings (SSSR count). The van der Waals surface area contributed by atoms with Crippen LogP contribution in [0.1, 0.15) is 85.5 Å². The van der Waals surface area contributed by atoms with Gasteiger partial charge in [-0.25, -0.2) is 0 Å². The highest BCUT2D eigenvalue weighted by atomic mass is 79.9. The number of hydrogen-bond donors (Lipinski definition) is 2. The van der Waals surface area contributed by atoms with E-state index in [0.29, 0.717) is 23.7 Å². The molecule has 186 valence electrons. The Labute approximate surface area is 208 Å². The zero-order valence-corrected chi connectivity index (χ0v) is 22.4. The largest absolute Gasteiger partial charge is 0.393 e. The molecule has 6 fully saturated rings. The van der Waals surface area contributed by atoms with Gasteiger partial charge in [0.25, 0.3) is 0 Å². The van der Waals surface area contributed by atoms with Crippen molar-refractivity contribution in [3.05, 3.63) is 12.2 Å². The Balaban J connectivity index is 1.36. The van der Waals surface area contributed by atoms with Gasteiger partial charge in [0, 0.05) is 22.1 Å². The molecular weight excluding hydrogens is 480 g/mol. The molecule has 2 saturated heterocycles. The van der Waals surface area contributed by atoms with E-state index < -0.39 is 0 Å². The van der Waals surface area contributed by atoms with Gasteiger partial charge in [0.1, 0.15) is 0 Å². The molecule has 2 aliphatic heterocycles. The summed E-state index contributed by atoms with van der Waals surface area (Å²) in [4.78, 5) is 0.204. The fourth-order valence-corrected chi connectivity index (χ4v) is 11.3. The molecule has 2 bridgehead atoms. The number of ether oxygens (including phenoxy) is 2. The summed E-state index contributed by atoms with van der Waals surface area (Å²) in [6.45, 7) is 13.5. The van der Waals surface area contributed by atoms with Crippen LogP contribution in [-0.2, 0) is 9.47 Å². The average Bonchev–Trinajstić information content (AvgIpc) is 3.26. The van der Waals surface area contributed by atoms with Gasteiger partial charge in [0.15, 0.2) is 6.29 Å². The number of allylic oxidation sites excluding steroid dienone is 1. The third kappa shape index (κ3) is 2.78. The lowest BCUT2D eigenvalue weighted by Crippen LogP contribution is -2.67. The molecule has 4 nitrogen and oxygen atoms in total. The van der Waals surface area contributed by atoms with Gasteiger partial charge in [0.05, 0.1) is 23.4 Å². The normalized spacial score (nSPS) is 58.8. The molecular formula is C28H43BrO4. The predicted molar refractivity (Wildman–Crippen MR) is 132 cm³/mol. The second kappa shape index (κ2) is 7.31. The number of aliphatic hydroxyl groups is 2. The first-order valence-corrected chi connectivity index (χ1v) is 14.4. The van der Waals surface area contributed by atoms with Crippen LogP contribution < -0.4 is 0 Å². The molecule has 12 unspecified atom stereocenters. The van der Waals surface area contributed by atoms with Gasteiger partial charge < -0.3 is 19.7 Å². The summed E-state index contributed by atoms with van der Waals surface area (Å²) >= 11 is 4.12. The Morgan fingerprint density at radius 2 is 1.82 bits per heavy atom. The molecule has 0 radical (unpaired) electrons. The zero-order valence-electron chi connectivity index (χ0n) is 20.9.